The van der Waals surface area contributed by atoms with Crippen LogP contribution in [0.1, 0.15) is 44.9 Å². The Morgan fingerprint density at radius 2 is 1.28 bits per heavy atom. The van der Waals surface area contributed by atoms with E-state index >= 15 is 0 Å². The van der Waals surface area contributed by atoms with Crippen LogP contribution in [0.3, 0.4) is 0 Å². The van der Waals surface area contributed by atoms with Gasteiger partial charge in [-0.05, 0) is 48.0 Å². The van der Waals surface area contributed by atoms with E-state index in [9.17, 15) is 24.0 Å². The fourth-order valence-electron chi connectivity index (χ4n) is 5.80. The first kappa shape index (κ1) is 44.4. The van der Waals surface area contributed by atoms with Gasteiger partial charge in [-0.1, -0.05) is 24.3 Å². The summed E-state index contributed by atoms with van der Waals surface area (Å²) in [4.78, 5) is 60.5. The summed E-state index contributed by atoms with van der Waals surface area (Å²) >= 11 is 0. The fourth-order valence-corrected chi connectivity index (χ4v) is 5.80. The Labute approximate surface area is 334 Å². The van der Waals surface area contributed by atoms with Crippen LogP contribution in [-0.4, -0.2) is 102 Å². The van der Waals surface area contributed by atoms with Gasteiger partial charge in [-0.3, -0.25) is 19.2 Å². The number of benzene rings is 3. The molecule has 0 amide bonds. The zero-order chi connectivity index (χ0) is 42.4. The fraction of sp³-hybridized carbons (Fsp3) is 0.390. The number of rotatable bonds is 19. The highest BCUT2D eigenvalue weighted by atomic mass is 16.8. The molecule has 312 valence electrons. The Kier molecular flexibility index (Phi) is 16.3. The summed E-state index contributed by atoms with van der Waals surface area (Å²) in [6.45, 7) is 4.54. The Morgan fingerprint density at radius 3 is 1.90 bits per heavy atom. The van der Waals surface area contributed by atoms with Gasteiger partial charge >= 0.3 is 29.8 Å². The first-order chi connectivity index (χ1) is 27.8. The molecule has 0 aromatic heterocycles. The van der Waals surface area contributed by atoms with E-state index < -0.39 is 66.7 Å². The van der Waals surface area contributed by atoms with Crippen LogP contribution in [0.5, 0.6) is 34.5 Å². The van der Waals surface area contributed by atoms with Gasteiger partial charge in [0.15, 0.2) is 52.8 Å². The highest BCUT2D eigenvalue weighted by Crippen LogP contribution is 2.39. The van der Waals surface area contributed by atoms with Crippen molar-refractivity contribution in [2.45, 2.75) is 64.5 Å². The van der Waals surface area contributed by atoms with E-state index in [4.69, 9.17) is 56.8 Å². The number of carbonyl (C=O) groups excluding carboxylic acids is 5. The molecule has 1 saturated heterocycles. The van der Waals surface area contributed by atoms with Crippen molar-refractivity contribution < 1.29 is 80.8 Å². The van der Waals surface area contributed by atoms with Crippen molar-refractivity contribution in [1.29, 1.82) is 0 Å². The van der Waals surface area contributed by atoms with Crippen LogP contribution in [-0.2, 0) is 52.4 Å². The molecule has 58 heavy (non-hydrogen) atoms. The second kappa shape index (κ2) is 21.3. The topological polar surface area (TPSA) is 196 Å². The lowest BCUT2D eigenvalue weighted by Gasteiger charge is -2.30. The molecule has 0 spiro atoms. The number of hydrogen-bond acceptors (Lipinski definition) is 17. The quantitative estimate of drug-likeness (QED) is 0.0707. The van der Waals surface area contributed by atoms with Gasteiger partial charge in [-0.25, -0.2) is 4.79 Å². The third-order valence-corrected chi connectivity index (χ3v) is 8.19. The minimum atomic E-state index is -1.41. The molecule has 17 heteroatoms. The smallest absolute Gasteiger partial charge is 0.333 e. The molecule has 0 radical (unpaired) electrons. The maximum absolute atomic E-state index is 13.0. The highest BCUT2D eigenvalue weighted by molar-refractivity contribution is 5.87. The summed E-state index contributed by atoms with van der Waals surface area (Å²) in [6, 6.07) is 16.5. The molecular formula is C41H46O17. The summed E-state index contributed by atoms with van der Waals surface area (Å²) in [6.07, 6.45) is -4.14. The van der Waals surface area contributed by atoms with Crippen LogP contribution in [0.15, 0.2) is 66.7 Å². The van der Waals surface area contributed by atoms with Gasteiger partial charge in [0.25, 0.3) is 0 Å². The summed E-state index contributed by atoms with van der Waals surface area (Å²) in [5.41, 5.74) is 0.948. The Balaban J connectivity index is 1.66. The number of esters is 5. The van der Waals surface area contributed by atoms with Crippen LogP contribution in [0.25, 0.3) is 6.08 Å². The van der Waals surface area contributed by atoms with Gasteiger partial charge in [-0.15, -0.1) is 0 Å². The molecule has 2 unspecified atom stereocenters. The van der Waals surface area contributed by atoms with E-state index in [2.05, 4.69) is 0 Å². The lowest BCUT2D eigenvalue weighted by molar-refractivity contribution is -0.194. The molecule has 0 aliphatic carbocycles. The van der Waals surface area contributed by atoms with Crippen molar-refractivity contribution in [2.75, 3.05) is 41.7 Å². The molecule has 3 aromatic carbocycles. The second-order valence-electron chi connectivity index (χ2n) is 12.5. The van der Waals surface area contributed by atoms with Crippen LogP contribution < -0.4 is 28.4 Å². The Hall–Kier alpha value is -6.33. The van der Waals surface area contributed by atoms with Gasteiger partial charge in [0, 0.05) is 46.4 Å². The van der Waals surface area contributed by atoms with Crippen LogP contribution in [0.2, 0.25) is 0 Å². The van der Waals surface area contributed by atoms with Crippen molar-refractivity contribution in [3.8, 4) is 34.5 Å². The van der Waals surface area contributed by atoms with Crippen LogP contribution >= 0.6 is 0 Å². The molecule has 1 aliphatic heterocycles. The molecule has 0 saturated carbocycles. The minimum Gasteiger partial charge on any atom is -0.493 e. The van der Waals surface area contributed by atoms with E-state index in [0.717, 1.165) is 13.0 Å². The monoisotopic (exact) mass is 810 g/mol. The van der Waals surface area contributed by atoms with Gasteiger partial charge < -0.3 is 56.8 Å². The molecular weight excluding hydrogens is 764 g/mol. The molecule has 1 fully saturated rings. The Morgan fingerprint density at radius 1 is 0.655 bits per heavy atom. The van der Waals surface area contributed by atoms with E-state index in [1.165, 1.54) is 61.4 Å². The standard InChI is InChI=1S/C41H46O17/c1-23(42)51-22-36(55-30-12-10-9-11-29(30)48-6)38(28-15-17-31(52-24(2)43)34(20-28)50-8)56-32-16-13-27(19-33(32)49-7)14-18-37(46)58-41-40(54-26(4)45)39(53-25(3)44)35(57-41)21-47-5/h9-20,35-36,38-41H,21-22H2,1-8H3/b18-14+/t35-,36?,38?,39-,40+,41-/m0/s1. The van der Waals surface area contributed by atoms with Crippen molar-refractivity contribution in [2.24, 2.45) is 0 Å². The molecule has 17 nitrogen and oxygen atoms in total. The van der Waals surface area contributed by atoms with Crippen molar-refractivity contribution in [3.05, 3.63) is 77.9 Å². The second-order valence-corrected chi connectivity index (χ2v) is 12.5. The van der Waals surface area contributed by atoms with Gasteiger partial charge in [0.2, 0.25) is 12.4 Å². The van der Waals surface area contributed by atoms with E-state index in [-0.39, 0.29) is 36.2 Å². The third-order valence-electron chi connectivity index (χ3n) is 8.19. The van der Waals surface area contributed by atoms with Crippen molar-refractivity contribution in [1.82, 2.24) is 0 Å². The summed E-state index contributed by atoms with van der Waals surface area (Å²) < 4.78 is 67.4. The average molecular weight is 811 g/mol. The molecule has 4 rings (SSSR count). The van der Waals surface area contributed by atoms with Crippen LogP contribution in [0.4, 0.5) is 0 Å². The maximum Gasteiger partial charge on any atom is 0.333 e. The zero-order valence-corrected chi connectivity index (χ0v) is 33.2. The molecule has 1 aliphatic rings. The van der Waals surface area contributed by atoms with Gasteiger partial charge in [0.05, 0.1) is 27.9 Å². The average Bonchev–Trinajstić information content (AvgIpc) is 3.47. The van der Waals surface area contributed by atoms with E-state index in [1.807, 2.05) is 0 Å². The SMILES string of the molecule is COC[C@@H]1O[C@@H](OC(=O)/C=C/c2ccc(OC(c3ccc(OC(C)=O)c(OC)c3)C(COC(C)=O)Oc3ccccc3OC)c(OC)c2)[C@H](OC(C)=O)[C@H]1OC(C)=O. The van der Waals surface area contributed by atoms with Gasteiger partial charge in [0.1, 0.15) is 12.7 Å². The number of carbonyl (C=O) groups is 5. The molecule has 6 atom stereocenters. The molecule has 0 bridgehead atoms. The predicted molar refractivity (Wildman–Crippen MR) is 201 cm³/mol. The lowest BCUT2D eigenvalue weighted by atomic mass is 10.0. The largest absolute Gasteiger partial charge is 0.493 e. The molecule has 0 N–H and O–H groups in total. The van der Waals surface area contributed by atoms with Crippen LogP contribution in [0, 0.1) is 0 Å². The number of methoxy groups -OCH3 is 4. The van der Waals surface area contributed by atoms with Crippen molar-refractivity contribution >= 4 is 35.9 Å². The van der Waals surface area contributed by atoms with E-state index in [0.29, 0.717) is 22.6 Å². The normalized spacial score (nSPS) is 18.3. The zero-order valence-electron chi connectivity index (χ0n) is 33.2. The summed E-state index contributed by atoms with van der Waals surface area (Å²) in [5.74, 6) is -1.80. The van der Waals surface area contributed by atoms with Gasteiger partial charge in [-0.2, -0.15) is 0 Å². The van der Waals surface area contributed by atoms with E-state index in [1.54, 1.807) is 54.6 Å². The lowest BCUT2D eigenvalue weighted by Crippen LogP contribution is -2.41. The number of para-hydroxylation sites is 2. The molecule has 3 aromatic rings. The first-order valence-corrected chi connectivity index (χ1v) is 17.8. The first-order valence-electron chi connectivity index (χ1n) is 17.8. The highest BCUT2D eigenvalue weighted by Gasteiger charge is 2.51. The summed E-state index contributed by atoms with van der Waals surface area (Å²) in [5, 5.41) is 0. The maximum atomic E-state index is 13.0. The number of ether oxygens (including phenoxy) is 12. The van der Waals surface area contributed by atoms with Crippen molar-refractivity contribution in [3.63, 3.8) is 0 Å². The number of hydrogen-bond donors (Lipinski definition) is 0. The molecule has 1 heterocycles. The predicted octanol–water partition coefficient (Wildman–Crippen LogP) is 4.56. The Bertz CT molecular complexity index is 1940. The minimum absolute atomic E-state index is 0.0428. The third kappa shape index (κ3) is 12.3. The summed E-state index contributed by atoms with van der Waals surface area (Å²) in [7, 11) is 5.71.